The number of amides is 1. The zero-order chi connectivity index (χ0) is 11.4. The lowest BCUT2D eigenvalue weighted by atomic mass is 10.2. The Morgan fingerprint density at radius 2 is 2.50 bits per heavy atom. The predicted molar refractivity (Wildman–Crippen MR) is 63.7 cm³/mol. The molecule has 2 N–H and O–H groups in total. The molecule has 2 aromatic heterocycles. The minimum absolute atomic E-state index is 0.0668. The SMILES string of the molecule is Cc1[nH]ncc1C(=O)NCCc1cccs1. The zero-order valence-electron chi connectivity index (χ0n) is 8.99. The second-order valence-corrected chi connectivity index (χ2v) is 4.53. The van der Waals surface area contributed by atoms with Gasteiger partial charge in [0.15, 0.2) is 0 Å². The van der Waals surface area contributed by atoms with Crippen LogP contribution in [-0.2, 0) is 6.42 Å². The molecule has 0 fully saturated rings. The van der Waals surface area contributed by atoms with Gasteiger partial charge in [-0.25, -0.2) is 0 Å². The third kappa shape index (κ3) is 2.49. The molecule has 84 valence electrons. The van der Waals surface area contributed by atoms with Crippen molar-refractivity contribution >= 4 is 17.2 Å². The highest BCUT2D eigenvalue weighted by molar-refractivity contribution is 7.09. The standard InChI is InChI=1S/C11H13N3OS/c1-8-10(7-13-14-8)11(15)12-5-4-9-3-2-6-16-9/h2-3,6-7H,4-5H2,1H3,(H,12,15)(H,13,14). The molecule has 2 rings (SSSR count). The molecule has 1 amide bonds. The average Bonchev–Trinajstić information content (AvgIpc) is 2.88. The minimum Gasteiger partial charge on any atom is -0.352 e. The maximum Gasteiger partial charge on any atom is 0.254 e. The highest BCUT2D eigenvalue weighted by atomic mass is 32.1. The van der Waals surface area contributed by atoms with Gasteiger partial charge >= 0.3 is 0 Å². The molecular formula is C11H13N3OS. The van der Waals surface area contributed by atoms with Crippen LogP contribution in [0.2, 0.25) is 0 Å². The fourth-order valence-electron chi connectivity index (χ4n) is 1.43. The molecule has 0 spiro atoms. The highest BCUT2D eigenvalue weighted by Crippen LogP contribution is 2.08. The number of hydrogen-bond donors (Lipinski definition) is 2. The summed E-state index contributed by atoms with van der Waals surface area (Å²) in [5.74, 6) is -0.0668. The van der Waals surface area contributed by atoms with Gasteiger partial charge in [-0.3, -0.25) is 9.89 Å². The molecule has 2 heterocycles. The van der Waals surface area contributed by atoms with E-state index in [4.69, 9.17) is 0 Å². The van der Waals surface area contributed by atoms with Crippen molar-refractivity contribution in [2.24, 2.45) is 0 Å². The molecule has 0 aliphatic heterocycles. The van der Waals surface area contributed by atoms with Crippen molar-refractivity contribution in [3.05, 3.63) is 39.8 Å². The number of aryl methyl sites for hydroxylation is 1. The molecule has 0 atom stereocenters. The topological polar surface area (TPSA) is 57.8 Å². The molecular weight excluding hydrogens is 222 g/mol. The summed E-state index contributed by atoms with van der Waals surface area (Å²) in [6, 6.07) is 4.09. The highest BCUT2D eigenvalue weighted by Gasteiger charge is 2.09. The average molecular weight is 235 g/mol. The first kappa shape index (κ1) is 10.9. The zero-order valence-corrected chi connectivity index (χ0v) is 9.80. The Hall–Kier alpha value is -1.62. The minimum atomic E-state index is -0.0668. The van der Waals surface area contributed by atoms with Crippen LogP contribution in [0.4, 0.5) is 0 Å². The Labute approximate surface area is 97.7 Å². The monoisotopic (exact) mass is 235 g/mol. The largest absolute Gasteiger partial charge is 0.352 e. The van der Waals surface area contributed by atoms with Crippen LogP contribution in [0, 0.1) is 6.92 Å². The maximum absolute atomic E-state index is 11.7. The third-order valence-electron chi connectivity index (χ3n) is 2.31. The summed E-state index contributed by atoms with van der Waals surface area (Å²) in [7, 11) is 0. The summed E-state index contributed by atoms with van der Waals surface area (Å²) in [6.07, 6.45) is 2.43. The van der Waals surface area contributed by atoms with Gasteiger partial charge in [0.1, 0.15) is 0 Å². The van der Waals surface area contributed by atoms with Crippen molar-refractivity contribution in [3.63, 3.8) is 0 Å². The van der Waals surface area contributed by atoms with E-state index in [1.807, 2.05) is 18.4 Å². The molecule has 0 radical (unpaired) electrons. The fourth-order valence-corrected chi connectivity index (χ4v) is 2.14. The molecule has 0 bridgehead atoms. The second-order valence-electron chi connectivity index (χ2n) is 3.49. The third-order valence-corrected chi connectivity index (χ3v) is 3.25. The molecule has 0 saturated heterocycles. The summed E-state index contributed by atoms with van der Waals surface area (Å²) >= 11 is 1.71. The quantitative estimate of drug-likeness (QED) is 0.848. The van der Waals surface area contributed by atoms with Crippen LogP contribution in [0.25, 0.3) is 0 Å². The van der Waals surface area contributed by atoms with Gasteiger partial charge in [-0.15, -0.1) is 11.3 Å². The van der Waals surface area contributed by atoms with Crippen molar-refractivity contribution in [1.29, 1.82) is 0 Å². The first-order valence-electron chi connectivity index (χ1n) is 5.08. The Morgan fingerprint density at radius 1 is 1.62 bits per heavy atom. The molecule has 16 heavy (non-hydrogen) atoms. The number of rotatable bonds is 4. The van der Waals surface area contributed by atoms with Crippen LogP contribution in [0.1, 0.15) is 20.9 Å². The number of thiophene rings is 1. The molecule has 4 nitrogen and oxygen atoms in total. The number of aromatic amines is 1. The number of aromatic nitrogens is 2. The maximum atomic E-state index is 11.7. The van der Waals surface area contributed by atoms with E-state index < -0.39 is 0 Å². The van der Waals surface area contributed by atoms with E-state index in [1.54, 1.807) is 17.5 Å². The van der Waals surface area contributed by atoms with E-state index in [0.717, 1.165) is 12.1 Å². The van der Waals surface area contributed by atoms with E-state index in [-0.39, 0.29) is 5.91 Å². The van der Waals surface area contributed by atoms with Crippen LogP contribution < -0.4 is 5.32 Å². The predicted octanol–water partition coefficient (Wildman–Crippen LogP) is 1.75. The van der Waals surface area contributed by atoms with Crippen LogP contribution in [-0.4, -0.2) is 22.6 Å². The lowest BCUT2D eigenvalue weighted by Crippen LogP contribution is -2.25. The summed E-state index contributed by atoms with van der Waals surface area (Å²) < 4.78 is 0. The van der Waals surface area contributed by atoms with E-state index in [0.29, 0.717) is 12.1 Å². The molecule has 0 unspecified atom stereocenters. The lowest BCUT2D eigenvalue weighted by molar-refractivity contribution is 0.0953. The van der Waals surface area contributed by atoms with Crippen LogP contribution >= 0.6 is 11.3 Å². The fraction of sp³-hybridized carbons (Fsp3) is 0.273. The van der Waals surface area contributed by atoms with Gasteiger partial charge in [-0.05, 0) is 24.8 Å². The molecule has 0 aromatic carbocycles. The normalized spacial score (nSPS) is 10.3. The van der Waals surface area contributed by atoms with E-state index >= 15 is 0 Å². The van der Waals surface area contributed by atoms with Gasteiger partial charge in [0.05, 0.1) is 11.8 Å². The number of carbonyl (C=O) groups is 1. The number of hydrogen-bond acceptors (Lipinski definition) is 3. The van der Waals surface area contributed by atoms with Gasteiger partial charge in [-0.2, -0.15) is 5.10 Å². The molecule has 0 aliphatic carbocycles. The Bertz CT molecular complexity index is 461. The Kier molecular flexibility index (Phi) is 3.36. The van der Waals surface area contributed by atoms with Crippen LogP contribution in [0.5, 0.6) is 0 Å². The molecule has 0 saturated carbocycles. The summed E-state index contributed by atoms with van der Waals surface area (Å²) in [5, 5.41) is 11.5. The van der Waals surface area contributed by atoms with E-state index in [1.165, 1.54) is 4.88 Å². The first-order valence-corrected chi connectivity index (χ1v) is 5.96. The van der Waals surface area contributed by atoms with Crippen LogP contribution in [0.15, 0.2) is 23.7 Å². The molecule has 5 heteroatoms. The van der Waals surface area contributed by atoms with Gasteiger partial charge in [0, 0.05) is 17.1 Å². The summed E-state index contributed by atoms with van der Waals surface area (Å²) in [5.41, 5.74) is 1.42. The van der Waals surface area contributed by atoms with E-state index in [2.05, 4.69) is 21.6 Å². The van der Waals surface area contributed by atoms with Gasteiger partial charge in [0.2, 0.25) is 0 Å². The van der Waals surface area contributed by atoms with Crippen molar-refractivity contribution in [1.82, 2.24) is 15.5 Å². The van der Waals surface area contributed by atoms with Gasteiger partial charge in [0.25, 0.3) is 5.91 Å². The van der Waals surface area contributed by atoms with Gasteiger partial charge < -0.3 is 5.32 Å². The number of carbonyl (C=O) groups excluding carboxylic acids is 1. The number of H-pyrrole nitrogens is 1. The van der Waals surface area contributed by atoms with E-state index in [9.17, 15) is 4.79 Å². The van der Waals surface area contributed by atoms with Crippen molar-refractivity contribution < 1.29 is 4.79 Å². The lowest BCUT2D eigenvalue weighted by Gasteiger charge is -2.02. The first-order chi connectivity index (χ1) is 7.77. The Balaban J connectivity index is 1.83. The van der Waals surface area contributed by atoms with Crippen LogP contribution in [0.3, 0.4) is 0 Å². The summed E-state index contributed by atoms with van der Waals surface area (Å²) in [4.78, 5) is 13.0. The smallest absolute Gasteiger partial charge is 0.254 e. The van der Waals surface area contributed by atoms with Gasteiger partial charge in [-0.1, -0.05) is 6.07 Å². The second kappa shape index (κ2) is 4.94. The number of nitrogens with zero attached hydrogens (tertiary/aromatic N) is 1. The molecule has 0 aliphatic rings. The van der Waals surface area contributed by atoms with Crippen molar-refractivity contribution in [3.8, 4) is 0 Å². The summed E-state index contributed by atoms with van der Waals surface area (Å²) in [6.45, 7) is 2.49. The Morgan fingerprint density at radius 3 is 3.12 bits per heavy atom. The van der Waals surface area contributed by atoms with Crippen molar-refractivity contribution in [2.45, 2.75) is 13.3 Å². The number of nitrogens with one attached hydrogen (secondary N) is 2. The van der Waals surface area contributed by atoms with Crippen molar-refractivity contribution in [2.75, 3.05) is 6.54 Å². The molecule has 2 aromatic rings.